The second kappa shape index (κ2) is 9.25. The number of hydrazine groups is 1. The van der Waals surface area contributed by atoms with Gasteiger partial charge in [-0.25, -0.2) is 5.01 Å². The van der Waals surface area contributed by atoms with E-state index in [1.54, 1.807) is 12.2 Å². The van der Waals surface area contributed by atoms with Gasteiger partial charge in [0.15, 0.2) is 5.78 Å². The maximum atomic E-state index is 13.5. The van der Waals surface area contributed by atoms with Crippen molar-refractivity contribution in [2.75, 3.05) is 6.54 Å². The summed E-state index contributed by atoms with van der Waals surface area (Å²) in [4.78, 5) is 73.7. The van der Waals surface area contributed by atoms with Crippen LogP contribution in [0.25, 0.3) is 0 Å². The zero-order valence-electron chi connectivity index (χ0n) is 18.1. The van der Waals surface area contributed by atoms with Crippen LogP contribution in [0, 0.1) is 32.1 Å². The molecule has 1 heterocycles. The number of carbonyl (C=O) groups is 4. The van der Waals surface area contributed by atoms with Crippen molar-refractivity contribution in [3.05, 3.63) is 92.0 Å². The van der Waals surface area contributed by atoms with Crippen LogP contribution in [0.2, 0.25) is 0 Å². The largest absolute Gasteiger partial charge is 0.292 e. The number of allylic oxidation sites excluding steroid dienone is 2. The Balaban J connectivity index is 1.72. The Kier molecular flexibility index (Phi) is 6.19. The number of fused-ring (bicyclic) bond motifs is 1. The highest BCUT2D eigenvalue weighted by Crippen LogP contribution is 2.36. The van der Waals surface area contributed by atoms with Crippen molar-refractivity contribution in [2.24, 2.45) is 11.8 Å². The maximum absolute atomic E-state index is 13.5. The highest BCUT2D eigenvalue weighted by Gasteiger charge is 2.51. The average molecular weight is 478 g/mol. The molecule has 1 aliphatic heterocycles. The first-order valence-corrected chi connectivity index (χ1v) is 10.6. The van der Waals surface area contributed by atoms with E-state index in [2.05, 4.69) is 0 Å². The van der Waals surface area contributed by atoms with E-state index in [0.717, 1.165) is 18.2 Å². The fourth-order valence-electron chi connectivity index (χ4n) is 4.20. The third-order valence-corrected chi connectivity index (χ3v) is 5.98. The van der Waals surface area contributed by atoms with Crippen LogP contribution in [-0.4, -0.2) is 49.9 Å². The van der Waals surface area contributed by atoms with Gasteiger partial charge >= 0.3 is 0 Å². The van der Waals surface area contributed by atoms with Gasteiger partial charge < -0.3 is 0 Å². The molecule has 12 nitrogen and oxygen atoms in total. The lowest BCUT2D eigenvalue weighted by Gasteiger charge is -2.30. The van der Waals surface area contributed by atoms with Crippen molar-refractivity contribution in [1.29, 1.82) is 0 Å². The molecule has 0 unspecified atom stereocenters. The zero-order chi connectivity index (χ0) is 25.3. The topological polar surface area (TPSA) is 161 Å². The number of imide groups is 1. The Morgan fingerprint density at radius 3 is 2.00 bits per heavy atom. The van der Waals surface area contributed by atoms with E-state index in [1.165, 1.54) is 30.3 Å². The molecule has 2 atom stereocenters. The summed E-state index contributed by atoms with van der Waals surface area (Å²) in [5, 5.41) is 23.6. The first kappa shape index (κ1) is 23.4. The first-order chi connectivity index (χ1) is 16.7. The number of ketones is 1. The zero-order valence-corrected chi connectivity index (χ0v) is 18.1. The van der Waals surface area contributed by atoms with Crippen molar-refractivity contribution in [1.82, 2.24) is 10.0 Å². The molecule has 2 aromatic rings. The lowest BCUT2D eigenvalue weighted by molar-refractivity contribution is -0.385. The molecule has 1 saturated heterocycles. The Morgan fingerprint density at radius 1 is 0.886 bits per heavy atom. The predicted octanol–water partition coefficient (Wildman–Crippen LogP) is 2.69. The van der Waals surface area contributed by atoms with Crippen LogP contribution < -0.4 is 0 Å². The Labute approximate surface area is 197 Å². The Bertz CT molecular complexity index is 1260. The van der Waals surface area contributed by atoms with Gasteiger partial charge in [-0.05, 0) is 31.0 Å². The fraction of sp³-hybridized carbons (Fsp3) is 0.217. The number of Topliss-reactive ketones (excluding diaryl/α,β-unsaturated/α-hetero) is 1. The van der Waals surface area contributed by atoms with E-state index < -0.39 is 63.0 Å². The van der Waals surface area contributed by atoms with Gasteiger partial charge in [0.1, 0.15) is 12.1 Å². The monoisotopic (exact) mass is 478 g/mol. The average Bonchev–Trinajstić information content (AvgIpc) is 3.12. The third kappa shape index (κ3) is 4.28. The summed E-state index contributed by atoms with van der Waals surface area (Å²) in [7, 11) is 0. The number of hydrogen-bond acceptors (Lipinski definition) is 8. The summed E-state index contributed by atoms with van der Waals surface area (Å²) >= 11 is 0. The number of para-hydroxylation sites is 1. The number of benzene rings is 2. The summed E-state index contributed by atoms with van der Waals surface area (Å²) in [5.41, 5.74) is -1.21. The fourth-order valence-corrected chi connectivity index (χ4v) is 4.20. The van der Waals surface area contributed by atoms with E-state index >= 15 is 0 Å². The highest BCUT2D eigenvalue weighted by atomic mass is 16.6. The number of non-ortho nitro benzene ring substituents is 1. The van der Waals surface area contributed by atoms with Crippen LogP contribution in [-0.2, 0) is 9.59 Å². The number of nitrogens with zero attached hydrogens (tertiary/aromatic N) is 4. The Hall–Kier alpha value is -4.74. The lowest BCUT2D eigenvalue weighted by atomic mass is 9.85. The van der Waals surface area contributed by atoms with Gasteiger partial charge in [-0.1, -0.05) is 24.3 Å². The Morgan fingerprint density at radius 2 is 1.46 bits per heavy atom. The molecule has 1 fully saturated rings. The normalized spacial score (nSPS) is 18.8. The van der Waals surface area contributed by atoms with Crippen LogP contribution in [0.15, 0.2) is 60.7 Å². The number of amides is 3. The molecule has 0 bridgehead atoms. The molecule has 0 radical (unpaired) electrons. The van der Waals surface area contributed by atoms with Gasteiger partial charge in [0, 0.05) is 23.8 Å². The van der Waals surface area contributed by atoms with Crippen LogP contribution in [0.5, 0.6) is 0 Å². The quantitative estimate of drug-likeness (QED) is 0.193. The third-order valence-electron chi connectivity index (χ3n) is 5.98. The van der Waals surface area contributed by atoms with Gasteiger partial charge in [0.05, 0.1) is 21.7 Å². The summed E-state index contributed by atoms with van der Waals surface area (Å²) in [6, 6.07) is 9.59. The van der Waals surface area contributed by atoms with Crippen molar-refractivity contribution >= 4 is 34.9 Å². The molecule has 0 aromatic heterocycles. The number of hydrogen-bond donors (Lipinski definition) is 0. The van der Waals surface area contributed by atoms with Gasteiger partial charge in [-0.2, -0.15) is 5.01 Å². The van der Waals surface area contributed by atoms with Gasteiger partial charge in [0.2, 0.25) is 0 Å². The molecule has 1 aliphatic carbocycles. The molecule has 35 heavy (non-hydrogen) atoms. The van der Waals surface area contributed by atoms with Gasteiger partial charge in [-0.15, -0.1) is 0 Å². The summed E-state index contributed by atoms with van der Waals surface area (Å²) in [5.74, 6) is -4.55. The van der Waals surface area contributed by atoms with E-state index in [1.807, 2.05) is 0 Å². The summed E-state index contributed by atoms with van der Waals surface area (Å²) < 4.78 is 0. The molecule has 0 saturated carbocycles. The van der Waals surface area contributed by atoms with Crippen LogP contribution in [0.4, 0.5) is 11.4 Å². The van der Waals surface area contributed by atoms with E-state index in [0.29, 0.717) is 10.0 Å². The van der Waals surface area contributed by atoms with Crippen molar-refractivity contribution < 1.29 is 29.0 Å². The van der Waals surface area contributed by atoms with Gasteiger partial charge in [-0.3, -0.25) is 39.4 Å². The minimum atomic E-state index is -1.07. The molecule has 2 aliphatic rings. The van der Waals surface area contributed by atoms with E-state index in [9.17, 15) is 39.4 Å². The van der Waals surface area contributed by atoms with Crippen molar-refractivity contribution in [3.8, 4) is 0 Å². The second-order valence-corrected chi connectivity index (χ2v) is 8.01. The summed E-state index contributed by atoms with van der Waals surface area (Å²) in [6.07, 6.45) is 4.09. The maximum Gasteiger partial charge on any atom is 0.282 e. The molecule has 178 valence electrons. The first-order valence-electron chi connectivity index (χ1n) is 10.6. The molecule has 3 amide bonds. The van der Waals surface area contributed by atoms with Gasteiger partial charge in [0.25, 0.3) is 29.1 Å². The minimum Gasteiger partial charge on any atom is -0.292 e. The van der Waals surface area contributed by atoms with Crippen LogP contribution in [0.1, 0.15) is 33.6 Å². The van der Waals surface area contributed by atoms with Crippen LogP contribution >= 0.6 is 0 Å². The standard InChI is InChI=1S/C23H18N4O8/c28-20(14-9-11-15(12-10-14)26(32)33)13-24(21(29)18-7-3-4-8-19(18)27(34)35)25-22(30)16-5-1-2-6-17(16)23(25)31/h1-4,7-12,16-17H,5-6,13H2/t16-,17+. The minimum absolute atomic E-state index is 0.00543. The number of rotatable bonds is 7. The van der Waals surface area contributed by atoms with Crippen molar-refractivity contribution in [2.45, 2.75) is 12.8 Å². The molecule has 0 spiro atoms. The second-order valence-electron chi connectivity index (χ2n) is 8.01. The van der Waals surface area contributed by atoms with E-state index in [4.69, 9.17) is 0 Å². The van der Waals surface area contributed by atoms with E-state index in [-0.39, 0.29) is 24.1 Å². The lowest BCUT2D eigenvalue weighted by Crippen LogP contribution is -2.52. The molecular weight excluding hydrogens is 460 g/mol. The molecule has 12 heteroatoms. The SMILES string of the molecule is O=C(CN(C(=O)c1ccccc1[N+](=O)[O-])N1C(=O)[C@H]2CC=CC[C@H]2C1=O)c1ccc([N+](=O)[O-])cc1. The van der Waals surface area contributed by atoms with Crippen LogP contribution in [0.3, 0.4) is 0 Å². The number of nitro benzene ring substituents is 2. The smallest absolute Gasteiger partial charge is 0.282 e. The molecule has 4 rings (SSSR count). The molecule has 0 N–H and O–H groups in total. The number of nitro groups is 2. The molecular formula is C23H18N4O8. The summed E-state index contributed by atoms with van der Waals surface area (Å²) in [6.45, 7) is -0.785. The highest BCUT2D eigenvalue weighted by molar-refractivity contribution is 6.10. The van der Waals surface area contributed by atoms with Crippen molar-refractivity contribution in [3.63, 3.8) is 0 Å². The predicted molar refractivity (Wildman–Crippen MR) is 119 cm³/mol. The number of carbonyl (C=O) groups excluding carboxylic acids is 4. The molecule has 2 aromatic carbocycles.